The lowest BCUT2D eigenvalue weighted by atomic mass is 9.98. The number of carbonyl (C=O) groups is 2. The molecule has 0 bridgehead atoms. The van der Waals surface area contributed by atoms with Gasteiger partial charge in [-0.3, -0.25) is 4.79 Å². The van der Waals surface area contributed by atoms with Crippen LogP contribution < -0.4 is 5.32 Å². The summed E-state index contributed by atoms with van der Waals surface area (Å²) < 4.78 is 0. The molecule has 0 aliphatic heterocycles. The molecule has 1 aromatic rings. The monoisotopic (exact) mass is 321 g/mol. The van der Waals surface area contributed by atoms with Crippen LogP contribution in [-0.4, -0.2) is 23.0 Å². The van der Waals surface area contributed by atoms with E-state index in [1.165, 1.54) is 41.9 Å². The molecule has 0 aromatic carbocycles. The molecular weight excluding hydrogens is 298 g/mol. The SMILES string of the molecule is O=C(NC(CC1CCCC1)C(=O)O)c1ccc(CC2CC2)s1. The quantitative estimate of drug-likeness (QED) is 0.808. The Morgan fingerprint density at radius 3 is 2.55 bits per heavy atom. The van der Waals surface area contributed by atoms with E-state index in [2.05, 4.69) is 5.32 Å². The summed E-state index contributed by atoms with van der Waals surface area (Å²) in [5.41, 5.74) is 0. The van der Waals surface area contributed by atoms with Crippen LogP contribution >= 0.6 is 11.3 Å². The van der Waals surface area contributed by atoms with Gasteiger partial charge in [0.25, 0.3) is 5.91 Å². The highest BCUT2D eigenvalue weighted by Gasteiger charge is 2.27. The lowest BCUT2D eigenvalue weighted by molar-refractivity contribution is -0.139. The maximum atomic E-state index is 12.3. The van der Waals surface area contributed by atoms with Crippen LogP contribution in [0.25, 0.3) is 0 Å². The van der Waals surface area contributed by atoms with E-state index in [0.29, 0.717) is 17.2 Å². The average molecular weight is 321 g/mol. The van der Waals surface area contributed by atoms with E-state index >= 15 is 0 Å². The van der Waals surface area contributed by atoms with Crippen LogP contribution in [0, 0.1) is 11.8 Å². The Morgan fingerprint density at radius 2 is 1.91 bits per heavy atom. The van der Waals surface area contributed by atoms with Gasteiger partial charge in [0.2, 0.25) is 0 Å². The van der Waals surface area contributed by atoms with E-state index in [0.717, 1.165) is 25.2 Å². The molecule has 5 heteroatoms. The Hall–Kier alpha value is -1.36. The van der Waals surface area contributed by atoms with Crippen molar-refractivity contribution in [1.82, 2.24) is 5.32 Å². The molecule has 0 saturated heterocycles. The van der Waals surface area contributed by atoms with Crippen LogP contribution in [0.3, 0.4) is 0 Å². The predicted octanol–water partition coefficient (Wildman–Crippen LogP) is 3.46. The fraction of sp³-hybridized carbons (Fsp3) is 0.647. The van der Waals surface area contributed by atoms with Crippen molar-refractivity contribution in [3.63, 3.8) is 0 Å². The lowest BCUT2D eigenvalue weighted by Crippen LogP contribution is -2.41. The molecule has 2 aliphatic rings. The number of hydrogen-bond donors (Lipinski definition) is 2. The molecule has 0 spiro atoms. The van der Waals surface area contributed by atoms with Gasteiger partial charge in [-0.1, -0.05) is 25.7 Å². The zero-order chi connectivity index (χ0) is 15.5. The van der Waals surface area contributed by atoms with Gasteiger partial charge in [0.1, 0.15) is 6.04 Å². The van der Waals surface area contributed by atoms with Crippen molar-refractivity contribution in [3.05, 3.63) is 21.9 Å². The topological polar surface area (TPSA) is 66.4 Å². The summed E-state index contributed by atoms with van der Waals surface area (Å²) in [6, 6.07) is 3.07. The number of aliphatic carboxylic acids is 1. The first kappa shape index (κ1) is 15.5. The molecular formula is C17H23NO3S. The van der Waals surface area contributed by atoms with Crippen molar-refractivity contribution in [3.8, 4) is 0 Å². The van der Waals surface area contributed by atoms with Gasteiger partial charge in [-0.25, -0.2) is 4.79 Å². The van der Waals surface area contributed by atoms with E-state index in [9.17, 15) is 14.7 Å². The molecule has 3 rings (SSSR count). The minimum absolute atomic E-state index is 0.238. The van der Waals surface area contributed by atoms with Crippen LogP contribution in [0.5, 0.6) is 0 Å². The van der Waals surface area contributed by atoms with Crippen molar-refractivity contribution >= 4 is 23.2 Å². The molecule has 2 fully saturated rings. The molecule has 4 nitrogen and oxygen atoms in total. The summed E-state index contributed by atoms with van der Waals surface area (Å²) in [5, 5.41) is 12.1. The van der Waals surface area contributed by atoms with Gasteiger partial charge < -0.3 is 10.4 Å². The number of amides is 1. The third kappa shape index (κ3) is 4.09. The predicted molar refractivity (Wildman–Crippen MR) is 86.2 cm³/mol. The first-order chi connectivity index (χ1) is 10.6. The molecule has 22 heavy (non-hydrogen) atoms. The van der Waals surface area contributed by atoms with Crippen molar-refractivity contribution in [2.45, 2.75) is 57.4 Å². The normalized spacial score (nSPS) is 20.0. The molecule has 1 atom stereocenters. The Morgan fingerprint density at radius 1 is 1.18 bits per heavy atom. The largest absolute Gasteiger partial charge is 0.480 e. The molecule has 1 amide bonds. The number of carboxylic acids is 1. The number of rotatable bonds is 7. The summed E-state index contributed by atoms with van der Waals surface area (Å²) in [6.07, 6.45) is 8.74. The minimum Gasteiger partial charge on any atom is -0.480 e. The molecule has 1 unspecified atom stereocenters. The summed E-state index contributed by atoms with van der Waals surface area (Å²) in [6.45, 7) is 0. The molecule has 0 radical (unpaired) electrons. The second kappa shape index (κ2) is 6.82. The van der Waals surface area contributed by atoms with E-state index < -0.39 is 12.0 Å². The van der Waals surface area contributed by atoms with Crippen LogP contribution in [0.2, 0.25) is 0 Å². The highest BCUT2D eigenvalue weighted by Crippen LogP contribution is 2.34. The number of carbonyl (C=O) groups excluding carboxylic acids is 1. The van der Waals surface area contributed by atoms with Gasteiger partial charge in [-0.2, -0.15) is 0 Å². The Balaban J connectivity index is 1.57. The molecule has 2 saturated carbocycles. The zero-order valence-corrected chi connectivity index (χ0v) is 13.5. The average Bonchev–Trinajstić information content (AvgIpc) is 2.96. The molecule has 1 heterocycles. The van der Waals surface area contributed by atoms with Gasteiger partial charge in [-0.15, -0.1) is 11.3 Å². The second-order valence-electron chi connectivity index (χ2n) is 6.66. The summed E-state index contributed by atoms with van der Waals surface area (Å²) in [4.78, 5) is 25.6. The Labute approximate surface area is 134 Å². The van der Waals surface area contributed by atoms with Gasteiger partial charge in [0.15, 0.2) is 0 Å². The van der Waals surface area contributed by atoms with Crippen LogP contribution in [0.15, 0.2) is 12.1 Å². The van der Waals surface area contributed by atoms with E-state index in [-0.39, 0.29) is 5.91 Å². The van der Waals surface area contributed by atoms with Crippen LogP contribution in [-0.2, 0) is 11.2 Å². The van der Waals surface area contributed by atoms with E-state index in [1.807, 2.05) is 12.1 Å². The smallest absolute Gasteiger partial charge is 0.326 e. The third-order valence-corrected chi connectivity index (χ3v) is 5.83. The van der Waals surface area contributed by atoms with E-state index in [1.54, 1.807) is 0 Å². The first-order valence-corrected chi connectivity index (χ1v) is 9.06. The van der Waals surface area contributed by atoms with Crippen molar-refractivity contribution in [2.75, 3.05) is 0 Å². The molecule has 1 aromatic heterocycles. The van der Waals surface area contributed by atoms with Crippen molar-refractivity contribution < 1.29 is 14.7 Å². The molecule has 120 valence electrons. The van der Waals surface area contributed by atoms with Crippen LogP contribution in [0.1, 0.15) is 59.5 Å². The third-order valence-electron chi connectivity index (χ3n) is 4.72. The van der Waals surface area contributed by atoms with Gasteiger partial charge >= 0.3 is 5.97 Å². The zero-order valence-electron chi connectivity index (χ0n) is 12.7. The molecule has 2 aliphatic carbocycles. The van der Waals surface area contributed by atoms with Crippen LogP contribution in [0.4, 0.5) is 0 Å². The summed E-state index contributed by atoms with van der Waals surface area (Å²) in [7, 11) is 0. The number of nitrogens with one attached hydrogen (secondary N) is 1. The standard InChI is InChI=1S/C17H23NO3S/c19-16(15-8-7-13(22-15)9-12-5-6-12)18-14(17(20)21)10-11-3-1-2-4-11/h7-8,11-12,14H,1-6,9-10H2,(H,18,19)(H,20,21). The summed E-state index contributed by atoms with van der Waals surface area (Å²) in [5.74, 6) is 0.0753. The maximum absolute atomic E-state index is 12.3. The Kier molecular flexibility index (Phi) is 4.81. The second-order valence-corrected chi connectivity index (χ2v) is 7.83. The fourth-order valence-corrected chi connectivity index (χ4v) is 4.27. The van der Waals surface area contributed by atoms with Gasteiger partial charge in [0, 0.05) is 4.88 Å². The summed E-state index contributed by atoms with van der Waals surface area (Å²) >= 11 is 1.50. The highest BCUT2D eigenvalue weighted by atomic mass is 32.1. The maximum Gasteiger partial charge on any atom is 0.326 e. The lowest BCUT2D eigenvalue weighted by Gasteiger charge is -2.17. The molecule has 2 N–H and O–H groups in total. The number of hydrogen-bond acceptors (Lipinski definition) is 3. The van der Waals surface area contributed by atoms with Crippen molar-refractivity contribution in [2.24, 2.45) is 11.8 Å². The van der Waals surface area contributed by atoms with Gasteiger partial charge in [-0.05, 0) is 49.7 Å². The number of carboxylic acid groups (broad SMARTS) is 1. The minimum atomic E-state index is -0.921. The number of thiophene rings is 1. The van der Waals surface area contributed by atoms with Gasteiger partial charge in [0.05, 0.1) is 4.88 Å². The highest BCUT2D eigenvalue weighted by molar-refractivity contribution is 7.14. The Bertz CT molecular complexity index is 544. The van der Waals surface area contributed by atoms with E-state index in [4.69, 9.17) is 0 Å². The van der Waals surface area contributed by atoms with Crippen molar-refractivity contribution in [1.29, 1.82) is 0 Å². The fourth-order valence-electron chi connectivity index (χ4n) is 3.25. The first-order valence-electron chi connectivity index (χ1n) is 8.24.